The van der Waals surface area contributed by atoms with Crippen molar-refractivity contribution in [3.63, 3.8) is 0 Å². The third kappa shape index (κ3) is 0.501. The van der Waals surface area contributed by atoms with Crippen LogP contribution < -0.4 is 10.6 Å². The highest BCUT2D eigenvalue weighted by atomic mass is 15.0. The van der Waals surface area contributed by atoms with Crippen LogP contribution in [-0.2, 0) is 0 Å². The van der Waals surface area contributed by atoms with Crippen molar-refractivity contribution in [1.29, 1.82) is 0 Å². The minimum absolute atomic E-state index is 0.863. The fraction of sp³-hybridized carbons (Fsp3) is 0.667. The lowest BCUT2D eigenvalue weighted by atomic mass is 10.2. The van der Waals surface area contributed by atoms with E-state index >= 15 is 0 Å². The largest absolute Gasteiger partial charge is 0.309 e. The molecule has 0 unspecified atom stereocenters. The maximum absolute atomic E-state index is 7.29. The van der Waals surface area contributed by atoms with Crippen molar-refractivity contribution in [3.8, 4) is 0 Å². The van der Waals surface area contributed by atoms with Gasteiger partial charge in [-0.05, 0) is 11.1 Å². The first-order chi connectivity index (χ1) is 4.36. The molecule has 0 atom stereocenters. The lowest BCUT2D eigenvalue weighted by Crippen LogP contribution is -2.20. The molecule has 0 aromatic rings. The molecule has 2 N–H and O–H groups in total. The molecule has 44 valence electrons. The Morgan fingerprint density at radius 3 is 2.38 bits per heavy atom. The molecule has 0 saturated heterocycles. The van der Waals surface area contributed by atoms with E-state index in [1.165, 1.54) is 11.1 Å². The predicted molar refractivity (Wildman–Crippen MR) is 32.8 cm³/mol. The minimum atomic E-state index is 0.863. The summed E-state index contributed by atoms with van der Waals surface area (Å²) < 4.78 is 7.29. The molecule has 0 aromatic carbocycles. The number of hydrogen-bond donors (Lipinski definition) is 2. The van der Waals surface area contributed by atoms with E-state index in [4.69, 9.17) is 1.41 Å². The van der Waals surface area contributed by atoms with E-state index in [1.807, 2.05) is 0 Å². The monoisotopic (exact) mass is 111 g/mol. The lowest BCUT2D eigenvalue weighted by Gasteiger charge is -1.96. The zero-order valence-corrected chi connectivity index (χ0v) is 4.78. The van der Waals surface area contributed by atoms with Crippen molar-refractivity contribution in [3.05, 3.63) is 11.1 Å². The third-order valence-electron chi connectivity index (χ3n) is 1.78. The normalized spacial score (nSPS) is 31.2. The van der Waals surface area contributed by atoms with E-state index in [0.29, 0.717) is 0 Å². The second kappa shape index (κ2) is 1.57. The summed E-state index contributed by atoms with van der Waals surface area (Å²) in [6.45, 7) is 3.76. The van der Waals surface area contributed by atoms with E-state index in [0.717, 1.165) is 26.2 Å². The third-order valence-corrected chi connectivity index (χ3v) is 1.78. The van der Waals surface area contributed by atoms with Gasteiger partial charge in [-0.25, -0.2) is 0 Å². The Kier molecular flexibility index (Phi) is 0.714. The van der Waals surface area contributed by atoms with Crippen LogP contribution in [0.3, 0.4) is 0 Å². The van der Waals surface area contributed by atoms with Crippen molar-refractivity contribution in [1.82, 2.24) is 10.6 Å². The molecule has 8 heavy (non-hydrogen) atoms. The topological polar surface area (TPSA) is 24.1 Å². The van der Waals surface area contributed by atoms with Crippen molar-refractivity contribution in [2.24, 2.45) is 0 Å². The van der Waals surface area contributed by atoms with Crippen molar-refractivity contribution in [2.75, 3.05) is 26.2 Å². The Morgan fingerprint density at radius 1 is 1.12 bits per heavy atom. The van der Waals surface area contributed by atoms with E-state index in [9.17, 15) is 0 Å². The van der Waals surface area contributed by atoms with Gasteiger partial charge in [0.1, 0.15) is 1.41 Å². The highest BCUT2D eigenvalue weighted by molar-refractivity contribution is 5.28. The molecule has 0 amide bonds. The molecule has 0 fully saturated rings. The first kappa shape index (κ1) is 3.64. The van der Waals surface area contributed by atoms with Crippen LogP contribution in [-0.4, -0.2) is 26.2 Å². The second-order valence-corrected chi connectivity index (χ2v) is 2.35. The predicted octanol–water partition coefficient (Wildman–Crippen LogP) is -0.511. The smallest absolute Gasteiger partial charge is 0.123 e. The molecule has 0 radical (unpaired) electrons. The lowest BCUT2D eigenvalue weighted by molar-refractivity contribution is 0.761. The molecule has 0 spiro atoms. The van der Waals surface area contributed by atoms with E-state index in [-0.39, 0.29) is 0 Å². The van der Waals surface area contributed by atoms with Gasteiger partial charge in [-0.15, -0.1) is 0 Å². The Bertz CT molecular complexity index is 148. The van der Waals surface area contributed by atoms with Crippen LogP contribution in [0.2, 0.25) is 1.41 Å². The van der Waals surface area contributed by atoms with Gasteiger partial charge in [0.25, 0.3) is 0 Å². The Balaban J connectivity index is 2.15. The quantitative estimate of drug-likeness (QED) is 0.411. The Hall–Kier alpha value is -0.340. The van der Waals surface area contributed by atoms with Crippen LogP contribution in [0, 0.1) is 0 Å². The maximum Gasteiger partial charge on any atom is 0.123 e. The standard InChI is InChI=1S/C6H10N2/c1-5-2-8-4-6(5)3-7-1/h7-8H,1-4H2/i/hD. The molecule has 2 nitrogen and oxygen atoms in total. The van der Waals surface area contributed by atoms with Crippen LogP contribution in [0.25, 0.3) is 0 Å². The average Bonchev–Trinajstić information content (AvgIpc) is 2.22. The van der Waals surface area contributed by atoms with E-state index < -0.39 is 0 Å². The minimum Gasteiger partial charge on any atom is -0.309 e. The summed E-state index contributed by atoms with van der Waals surface area (Å²) in [6, 6.07) is 0. The van der Waals surface area contributed by atoms with Gasteiger partial charge in [-0.2, -0.15) is 0 Å². The van der Waals surface area contributed by atoms with Gasteiger partial charge in [0.2, 0.25) is 0 Å². The fourth-order valence-corrected chi connectivity index (χ4v) is 1.28. The average molecular weight is 111 g/mol. The molecule has 0 bridgehead atoms. The Labute approximate surface area is 50.4 Å². The summed E-state index contributed by atoms with van der Waals surface area (Å²) in [5.74, 6) is 0. The Morgan fingerprint density at radius 2 is 1.75 bits per heavy atom. The van der Waals surface area contributed by atoms with Gasteiger partial charge in [-0.1, -0.05) is 0 Å². The maximum atomic E-state index is 7.29. The first-order valence-electron chi connectivity index (χ1n) is 3.45. The molecule has 2 rings (SSSR count). The fourth-order valence-electron chi connectivity index (χ4n) is 1.28. The number of hydrogen-bond acceptors (Lipinski definition) is 2. The molecule has 0 aliphatic carbocycles. The van der Waals surface area contributed by atoms with Gasteiger partial charge < -0.3 is 10.6 Å². The molecular formula is C6H10N2. The first-order valence-corrected chi connectivity index (χ1v) is 3.00. The zero-order chi connectivity index (χ0) is 6.27. The van der Waals surface area contributed by atoms with Crippen molar-refractivity contribution >= 4 is 0 Å². The number of rotatable bonds is 0. The van der Waals surface area contributed by atoms with Gasteiger partial charge in [0, 0.05) is 26.2 Å². The van der Waals surface area contributed by atoms with Crippen LogP contribution >= 0.6 is 0 Å². The van der Waals surface area contributed by atoms with E-state index in [2.05, 4.69) is 5.32 Å². The van der Waals surface area contributed by atoms with Gasteiger partial charge in [-0.3, -0.25) is 0 Å². The summed E-state index contributed by atoms with van der Waals surface area (Å²) in [5, 5.41) is 4.88. The van der Waals surface area contributed by atoms with Gasteiger partial charge >= 0.3 is 0 Å². The van der Waals surface area contributed by atoms with Gasteiger partial charge in [0.05, 0.1) is 0 Å². The summed E-state index contributed by atoms with van der Waals surface area (Å²) in [6.07, 6.45) is 0. The summed E-state index contributed by atoms with van der Waals surface area (Å²) in [5.41, 5.74) is 2.90. The SMILES string of the molecule is [2H]N1CC2=C(CNC2)C1. The highest BCUT2D eigenvalue weighted by Gasteiger charge is 2.17. The summed E-state index contributed by atoms with van der Waals surface area (Å²) in [4.78, 5) is 0. The molecule has 2 heterocycles. The molecule has 2 heteroatoms. The van der Waals surface area contributed by atoms with Crippen LogP contribution in [0.1, 0.15) is 0 Å². The highest BCUT2D eigenvalue weighted by Crippen LogP contribution is 2.11. The van der Waals surface area contributed by atoms with Gasteiger partial charge in [0.15, 0.2) is 0 Å². The molecule has 0 saturated carbocycles. The van der Waals surface area contributed by atoms with Crippen LogP contribution in [0.15, 0.2) is 11.1 Å². The molecular weight excluding hydrogens is 100 g/mol. The van der Waals surface area contributed by atoms with Crippen molar-refractivity contribution in [2.45, 2.75) is 0 Å². The van der Waals surface area contributed by atoms with E-state index in [1.54, 1.807) is 5.31 Å². The van der Waals surface area contributed by atoms with Crippen molar-refractivity contribution < 1.29 is 1.41 Å². The second-order valence-electron chi connectivity index (χ2n) is 2.35. The summed E-state index contributed by atoms with van der Waals surface area (Å²) in [7, 11) is 0. The number of nitrogens with one attached hydrogen (secondary N) is 2. The summed E-state index contributed by atoms with van der Waals surface area (Å²) >= 11 is 0. The van der Waals surface area contributed by atoms with Crippen LogP contribution in [0.5, 0.6) is 0 Å². The molecule has 0 aromatic heterocycles. The van der Waals surface area contributed by atoms with Crippen LogP contribution in [0.4, 0.5) is 0 Å². The zero-order valence-electron chi connectivity index (χ0n) is 5.78. The molecule has 2 aliphatic rings. The molecule has 2 aliphatic heterocycles.